The SMILES string of the molecule is C#Cc1c(C)cc(C)cc1C.COc1cccnc1-c1cccnc1Cl.Cc1cc(C)c(Br)c(C)c1.Cc1cc(C)c(C#Cc2c(C)cc(C)cc2C)c(C)c1.Cc1cc(C)c(C(=O)C(=O)c2c(C)cc(C)cc2C)c(C)c1.O=Cc1cccnc1Br.OB(O)c1cccnc1Cl. The van der Waals surface area contributed by atoms with Gasteiger partial charge in [0.1, 0.15) is 26.4 Å². The van der Waals surface area contributed by atoms with E-state index in [9.17, 15) is 14.4 Å². The lowest BCUT2D eigenvalue weighted by Crippen LogP contribution is -2.31. The molecule has 10 aromatic rings. The minimum atomic E-state index is -1.54. The number of hydrogen-bond donors (Lipinski definition) is 2. The Morgan fingerprint density at radius 3 is 1.12 bits per heavy atom. The molecule has 0 aliphatic rings. The van der Waals surface area contributed by atoms with Crippen LogP contribution in [0.4, 0.5) is 0 Å². The van der Waals surface area contributed by atoms with Crippen molar-refractivity contribution in [1.29, 1.82) is 0 Å². The minimum absolute atomic E-state index is 0.123. The van der Waals surface area contributed by atoms with Gasteiger partial charge < -0.3 is 14.8 Å². The van der Waals surface area contributed by atoms with Crippen LogP contribution in [0.2, 0.25) is 10.3 Å². The van der Waals surface area contributed by atoms with Gasteiger partial charge in [-0.15, -0.1) is 6.42 Å². The maximum atomic E-state index is 12.7. The van der Waals surface area contributed by atoms with Crippen molar-refractivity contribution < 1.29 is 29.2 Å². The number of benzene rings is 6. The Morgan fingerprint density at radius 1 is 0.464 bits per heavy atom. The number of terminal acetylenes is 1. The second kappa shape index (κ2) is 38.9. The van der Waals surface area contributed by atoms with Crippen LogP contribution < -0.4 is 10.2 Å². The zero-order chi connectivity index (χ0) is 72.5. The van der Waals surface area contributed by atoms with Crippen molar-refractivity contribution in [1.82, 2.24) is 19.9 Å². The first-order valence-corrected chi connectivity index (χ1v) is 33.4. The quantitative estimate of drug-likeness (QED) is 0.0394. The van der Waals surface area contributed by atoms with Gasteiger partial charge in [-0.3, -0.25) is 19.4 Å². The molecule has 500 valence electrons. The lowest BCUT2D eigenvalue weighted by molar-refractivity contribution is 0.0815. The molecule has 0 amide bonds. The zero-order valence-corrected chi connectivity index (χ0v) is 63.6. The van der Waals surface area contributed by atoms with Crippen LogP contribution >= 0.6 is 55.1 Å². The van der Waals surface area contributed by atoms with Crippen LogP contribution in [0.3, 0.4) is 0 Å². The molecule has 0 fully saturated rings. The summed E-state index contributed by atoms with van der Waals surface area (Å²) in [4.78, 5) is 51.3. The van der Waals surface area contributed by atoms with Gasteiger partial charge in [0, 0.05) is 73.7 Å². The summed E-state index contributed by atoms with van der Waals surface area (Å²) >= 11 is 18.1. The molecule has 97 heavy (non-hydrogen) atoms. The number of aryl methyl sites for hydroxylation is 18. The Bertz CT molecular complexity index is 4300. The number of carbonyl (C=O) groups is 3. The van der Waals surface area contributed by atoms with Crippen molar-refractivity contribution in [2.75, 3.05) is 7.11 Å². The summed E-state index contributed by atoms with van der Waals surface area (Å²) in [6, 6.07) is 39.0. The Morgan fingerprint density at radius 2 is 0.794 bits per heavy atom. The molecule has 4 heterocycles. The van der Waals surface area contributed by atoms with E-state index in [0.29, 0.717) is 37.9 Å². The number of aldehydes is 1. The van der Waals surface area contributed by atoms with Crippen molar-refractivity contribution >= 4 is 85.5 Å². The molecule has 0 saturated carbocycles. The Hall–Kier alpha value is -8.63. The molecule has 10 nitrogen and oxygen atoms in total. The molecule has 0 atom stereocenters. The summed E-state index contributed by atoms with van der Waals surface area (Å²) in [5, 5.41) is 17.8. The van der Waals surface area contributed by atoms with E-state index in [1.54, 1.807) is 43.9 Å². The number of nitrogens with zero attached hydrogens (tertiary/aromatic N) is 4. The standard InChI is InChI=1S/C20H22O2.C20H22.C11H9ClN2O.C11H12.C9H11Br.C6H4BrNO.C5H5BClNO2/c1-11-7-13(3)17(14(4)8-11)19(21)20(22)18-15(5)9-12(2)10-16(18)6;1-13-9-15(3)19(16(4)10-13)7-8-20-17(5)11-14(2)12-18(20)6;1-15-9-5-3-6-13-10(9)8-4-2-7-14-11(8)12;1-5-11-9(3)6-8(2)7-10(11)4;1-6-4-7(2)9(10)8(3)5-6;7-6-5(4-9)2-1-3-8-6;7-5-4(6(9)10)2-1-3-8-5/h7-10H,1-6H3;9-12H,1-6H3;2-7H,1H3;1,6-7H,2-4H3;4-5H,1-3H3;1-4H;1-3,9-10H. The molecule has 0 aliphatic heterocycles. The molecule has 10 rings (SSSR count). The number of Topliss-reactive ketones (excluding diaryl/α,β-unsaturated/α-hetero) is 2. The smallest absolute Gasteiger partial charge is 0.491 e. The molecule has 0 saturated heterocycles. The lowest BCUT2D eigenvalue weighted by atomic mass is 9.82. The summed E-state index contributed by atoms with van der Waals surface area (Å²) in [6.07, 6.45) is 12.6. The third-order valence-corrected chi connectivity index (χ3v) is 17.6. The number of ketones is 2. The van der Waals surface area contributed by atoms with E-state index >= 15 is 0 Å². The number of aromatic nitrogens is 4. The van der Waals surface area contributed by atoms with Gasteiger partial charge in [-0.1, -0.05) is 169 Å². The van der Waals surface area contributed by atoms with Crippen molar-refractivity contribution in [2.24, 2.45) is 0 Å². The Balaban J connectivity index is 0.000000247. The van der Waals surface area contributed by atoms with E-state index in [0.717, 1.165) is 61.9 Å². The van der Waals surface area contributed by atoms with Crippen molar-refractivity contribution in [2.45, 2.75) is 125 Å². The highest BCUT2D eigenvalue weighted by molar-refractivity contribution is 9.10. The van der Waals surface area contributed by atoms with E-state index in [1.807, 2.05) is 90.1 Å². The summed E-state index contributed by atoms with van der Waals surface area (Å²) in [5.41, 5.74) is 27.6. The number of rotatable bonds is 7. The van der Waals surface area contributed by atoms with Crippen LogP contribution in [0, 0.1) is 149 Å². The molecule has 0 aliphatic carbocycles. The van der Waals surface area contributed by atoms with Gasteiger partial charge in [0.15, 0.2) is 6.29 Å². The Labute approximate surface area is 602 Å². The molecule has 4 aromatic heterocycles. The van der Waals surface area contributed by atoms with E-state index in [2.05, 4.69) is 201 Å². The van der Waals surface area contributed by atoms with E-state index in [-0.39, 0.29) is 10.6 Å². The van der Waals surface area contributed by atoms with Gasteiger partial charge in [-0.05, 0) is 250 Å². The fourth-order valence-corrected chi connectivity index (χ4v) is 12.1. The molecule has 2 N–H and O–H groups in total. The maximum Gasteiger partial charge on any atom is 0.491 e. The van der Waals surface area contributed by atoms with Crippen molar-refractivity contribution in [3.63, 3.8) is 0 Å². The van der Waals surface area contributed by atoms with Crippen LogP contribution in [0.1, 0.15) is 148 Å². The second-order valence-electron chi connectivity index (χ2n) is 23.8. The molecule has 6 aromatic carbocycles. The summed E-state index contributed by atoms with van der Waals surface area (Å²) in [5.74, 6) is 9.31. The van der Waals surface area contributed by atoms with Gasteiger partial charge >= 0.3 is 7.12 Å². The van der Waals surface area contributed by atoms with Crippen LogP contribution in [-0.2, 0) is 0 Å². The van der Waals surface area contributed by atoms with E-state index in [4.69, 9.17) is 44.4 Å². The first kappa shape index (κ1) is 80.8. The van der Waals surface area contributed by atoms with Gasteiger partial charge in [0.2, 0.25) is 11.6 Å². The number of hydrogen-bond acceptors (Lipinski definition) is 10. The number of pyridine rings is 4. The summed E-state index contributed by atoms with van der Waals surface area (Å²) in [6.45, 7) is 36.9. The first-order valence-electron chi connectivity index (χ1n) is 31.1. The van der Waals surface area contributed by atoms with Gasteiger partial charge in [0.25, 0.3) is 0 Å². The topological polar surface area (TPSA) is 152 Å². The normalized spacial score (nSPS) is 9.94. The third-order valence-electron chi connectivity index (χ3n) is 15.1. The number of methoxy groups -OCH3 is 1. The van der Waals surface area contributed by atoms with Gasteiger partial charge in [-0.2, -0.15) is 0 Å². The van der Waals surface area contributed by atoms with Crippen LogP contribution in [0.25, 0.3) is 11.3 Å². The molecule has 15 heteroatoms. The number of carbonyl (C=O) groups excluding carboxylic acids is 3. The Kier molecular flexibility index (Phi) is 32.4. The lowest BCUT2D eigenvalue weighted by Gasteiger charge is -2.13. The second-order valence-corrected chi connectivity index (χ2v) is 26.0. The fraction of sp³-hybridized carbons (Fsp3) is 0.232. The average Bonchev–Trinajstić information content (AvgIpc) is 0.799. The molecule has 0 unspecified atom stereocenters. The van der Waals surface area contributed by atoms with E-state index in [1.165, 1.54) is 83.5 Å². The summed E-state index contributed by atoms with van der Waals surface area (Å²) in [7, 11) is 0.0614. The zero-order valence-electron chi connectivity index (χ0n) is 58.9. The van der Waals surface area contributed by atoms with E-state index < -0.39 is 18.7 Å². The molecule has 0 bridgehead atoms. The minimum Gasteiger partial charge on any atom is -0.494 e. The summed E-state index contributed by atoms with van der Waals surface area (Å²) < 4.78 is 7.04. The molecular formula is C82H85BBr2Cl2N4O6. The average molecular weight is 1460 g/mol. The highest BCUT2D eigenvalue weighted by Crippen LogP contribution is 2.31. The van der Waals surface area contributed by atoms with Crippen LogP contribution in [-0.4, -0.2) is 62.1 Å². The highest BCUT2D eigenvalue weighted by Gasteiger charge is 2.25. The van der Waals surface area contributed by atoms with Gasteiger partial charge in [-0.25, -0.2) is 15.0 Å². The third kappa shape index (κ3) is 24.2. The fourth-order valence-electron chi connectivity index (χ4n) is 11.2. The predicted octanol–water partition coefficient (Wildman–Crippen LogP) is 19.4. The monoisotopic (exact) mass is 1460 g/mol. The van der Waals surface area contributed by atoms with Crippen molar-refractivity contribution in [3.05, 3.63) is 299 Å². The van der Waals surface area contributed by atoms with Crippen molar-refractivity contribution in [3.8, 4) is 41.2 Å². The highest BCUT2D eigenvalue weighted by atomic mass is 79.9. The largest absolute Gasteiger partial charge is 0.494 e. The van der Waals surface area contributed by atoms with Crippen LogP contribution in [0.5, 0.6) is 5.75 Å². The molecule has 0 radical (unpaired) electrons. The maximum absolute atomic E-state index is 12.7. The molecular weight excluding hydrogens is 1380 g/mol. The molecule has 0 spiro atoms. The predicted molar refractivity (Wildman–Crippen MR) is 410 cm³/mol. The van der Waals surface area contributed by atoms with Crippen LogP contribution in [0.15, 0.2) is 155 Å². The first-order chi connectivity index (χ1) is 45.7. The van der Waals surface area contributed by atoms with Gasteiger partial charge in [0.05, 0.1) is 7.11 Å². The number of ether oxygens (including phenoxy) is 1. The number of halogens is 4.